The van der Waals surface area contributed by atoms with Gasteiger partial charge in [-0.2, -0.15) is 13.2 Å². The van der Waals surface area contributed by atoms with E-state index in [2.05, 4.69) is 5.32 Å². The lowest BCUT2D eigenvalue weighted by molar-refractivity contribution is -0.137. The first-order chi connectivity index (χ1) is 8.22. The normalized spacial score (nSPS) is 11.1. The summed E-state index contributed by atoms with van der Waals surface area (Å²) in [6, 6.07) is -0.511. The van der Waals surface area contributed by atoms with Gasteiger partial charge in [-0.1, -0.05) is 0 Å². The number of carboxylic acids is 1. The van der Waals surface area contributed by atoms with Crippen LogP contribution in [0.5, 0.6) is 0 Å². The number of alkyl halides is 3. The van der Waals surface area contributed by atoms with Crippen LogP contribution in [0.25, 0.3) is 0 Å². The van der Waals surface area contributed by atoms with E-state index in [1.54, 1.807) is 0 Å². The largest absolute Gasteiger partial charge is 0.481 e. The second-order valence-corrected chi connectivity index (χ2v) is 4.60. The Balaban J connectivity index is 3.65. The summed E-state index contributed by atoms with van der Waals surface area (Å²) in [5.74, 6) is -1.21. The maximum atomic E-state index is 11.8. The molecule has 9 heteroatoms. The minimum atomic E-state index is -4.29. The van der Waals surface area contributed by atoms with Crippen molar-refractivity contribution in [1.29, 1.82) is 0 Å². The minimum absolute atomic E-state index is 0.0540. The monoisotopic (exact) mass is 288 g/mol. The van der Waals surface area contributed by atoms with Crippen LogP contribution in [-0.4, -0.2) is 53.4 Å². The van der Waals surface area contributed by atoms with Crippen molar-refractivity contribution in [1.82, 2.24) is 10.2 Å². The molecule has 0 aromatic carbocycles. The Hall–Kier alpha value is -1.12. The Morgan fingerprint density at radius 1 is 1.39 bits per heavy atom. The fraction of sp³-hybridized carbons (Fsp3) is 0.778. The van der Waals surface area contributed by atoms with Crippen molar-refractivity contribution in [3.63, 3.8) is 0 Å². The number of carbonyl (C=O) groups is 2. The Morgan fingerprint density at radius 2 is 2.00 bits per heavy atom. The summed E-state index contributed by atoms with van der Waals surface area (Å²) in [7, 11) is 1.45. The molecule has 0 spiro atoms. The highest BCUT2D eigenvalue weighted by molar-refractivity contribution is 8.00. The Labute approximate surface area is 107 Å². The predicted molar refractivity (Wildman–Crippen MR) is 61.4 cm³/mol. The number of hydrogen-bond acceptors (Lipinski definition) is 3. The fourth-order valence-corrected chi connectivity index (χ4v) is 1.46. The minimum Gasteiger partial charge on any atom is -0.481 e. The van der Waals surface area contributed by atoms with E-state index < -0.39 is 17.5 Å². The summed E-state index contributed by atoms with van der Waals surface area (Å²) in [4.78, 5) is 22.8. The van der Waals surface area contributed by atoms with Crippen LogP contribution in [0.15, 0.2) is 0 Å². The number of thioether (sulfide) groups is 1. The zero-order valence-electron chi connectivity index (χ0n) is 9.79. The lowest BCUT2D eigenvalue weighted by atomic mass is 10.3. The van der Waals surface area contributed by atoms with Gasteiger partial charge in [-0.05, 0) is 18.2 Å². The Kier molecular flexibility index (Phi) is 7.56. The summed E-state index contributed by atoms with van der Waals surface area (Å²) >= 11 is -0.202. The lowest BCUT2D eigenvalue weighted by Crippen LogP contribution is -2.39. The van der Waals surface area contributed by atoms with Gasteiger partial charge in [-0.25, -0.2) is 4.79 Å². The molecule has 0 unspecified atom stereocenters. The van der Waals surface area contributed by atoms with Crippen molar-refractivity contribution in [3.8, 4) is 0 Å². The van der Waals surface area contributed by atoms with Crippen molar-refractivity contribution in [2.75, 3.05) is 25.9 Å². The molecule has 18 heavy (non-hydrogen) atoms. The zero-order valence-corrected chi connectivity index (χ0v) is 10.6. The van der Waals surface area contributed by atoms with Crippen molar-refractivity contribution in [2.45, 2.75) is 18.3 Å². The Morgan fingerprint density at radius 3 is 2.50 bits per heavy atom. The van der Waals surface area contributed by atoms with Crippen LogP contribution < -0.4 is 5.32 Å². The SMILES string of the molecule is CN(CCCC(=O)O)C(=O)NCCSC(F)(F)F. The molecule has 2 amide bonds. The average molecular weight is 288 g/mol. The quantitative estimate of drug-likeness (QED) is 0.700. The zero-order chi connectivity index (χ0) is 14.2. The number of rotatable bonds is 7. The molecular formula is C9H15F3N2O3S. The van der Waals surface area contributed by atoms with Crippen molar-refractivity contribution < 1.29 is 27.9 Å². The van der Waals surface area contributed by atoms with E-state index in [1.807, 2.05) is 0 Å². The molecule has 0 aromatic rings. The number of halogens is 3. The van der Waals surface area contributed by atoms with Crippen LogP contribution in [0.4, 0.5) is 18.0 Å². The molecule has 2 N–H and O–H groups in total. The second kappa shape index (κ2) is 8.06. The molecule has 0 aromatic heterocycles. The molecule has 0 rings (SSSR count). The van der Waals surface area contributed by atoms with Crippen molar-refractivity contribution in [3.05, 3.63) is 0 Å². The molecular weight excluding hydrogens is 273 g/mol. The van der Waals surface area contributed by atoms with Gasteiger partial charge in [0.05, 0.1) is 0 Å². The predicted octanol–water partition coefficient (Wildman–Crippen LogP) is 1.75. The molecule has 0 aliphatic rings. The summed E-state index contributed by atoms with van der Waals surface area (Å²) in [6.07, 6.45) is 0.248. The third-order valence-electron chi connectivity index (χ3n) is 1.87. The third kappa shape index (κ3) is 10.1. The van der Waals surface area contributed by atoms with Crippen molar-refractivity contribution >= 4 is 23.8 Å². The first-order valence-electron chi connectivity index (χ1n) is 5.14. The van der Waals surface area contributed by atoms with Gasteiger partial charge in [0.15, 0.2) is 0 Å². The highest BCUT2D eigenvalue weighted by atomic mass is 32.2. The first-order valence-corrected chi connectivity index (χ1v) is 6.12. The molecule has 106 valence electrons. The van der Waals surface area contributed by atoms with Gasteiger partial charge in [0, 0.05) is 32.3 Å². The summed E-state index contributed by atoms with van der Waals surface area (Å²) in [5.41, 5.74) is -4.29. The van der Waals surface area contributed by atoms with E-state index in [4.69, 9.17) is 5.11 Å². The van der Waals surface area contributed by atoms with Gasteiger partial charge in [0.1, 0.15) is 0 Å². The molecule has 0 heterocycles. The molecule has 0 radical (unpaired) electrons. The van der Waals surface area contributed by atoms with E-state index >= 15 is 0 Å². The highest BCUT2D eigenvalue weighted by Crippen LogP contribution is 2.29. The number of amides is 2. The van der Waals surface area contributed by atoms with E-state index in [0.29, 0.717) is 6.42 Å². The van der Waals surface area contributed by atoms with Crippen LogP contribution in [0.3, 0.4) is 0 Å². The van der Waals surface area contributed by atoms with E-state index in [9.17, 15) is 22.8 Å². The number of carboxylic acid groups (broad SMARTS) is 1. The maximum absolute atomic E-state index is 11.8. The highest BCUT2D eigenvalue weighted by Gasteiger charge is 2.27. The molecule has 0 saturated heterocycles. The summed E-state index contributed by atoms with van der Waals surface area (Å²) < 4.78 is 35.3. The van der Waals surface area contributed by atoms with E-state index in [-0.39, 0.29) is 37.0 Å². The number of aliphatic carboxylic acids is 1. The van der Waals surface area contributed by atoms with Gasteiger partial charge >= 0.3 is 17.5 Å². The van der Waals surface area contributed by atoms with Crippen LogP contribution >= 0.6 is 11.8 Å². The number of nitrogens with zero attached hydrogens (tertiary/aromatic N) is 1. The standard InChI is InChI=1S/C9H15F3N2O3S/c1-14(5-2-3-7(15)16)8(17)13-4-6-18-9(10,11)12/h2-6H2,1H3,(H,13,17)(H,15,16). The lowest BCUT2D eigenvalue weighted by Gasteiger charge is -2.17. The fourth-order valence-electron chi connectivity index (χ4n) is 1.03. The second-order valence-electron chi connectivity index (χ2n) is 3.44. The summed E-state index contributed by atoms with van der Waals surface area (Å²) in [5, 5.41) is 10.7. The van der Waals surface area contributed by atoms with Gasteiger partial charge in [0.2, 0.25) is 0 Å². The Bertz CT molecular complexity index is 287. The molecule has 0 bridgehead atoms. The van der Waals surface area contributed by atoms with Gasteiger partial charge < -0.3 is 15.3 Å². The summed E-state index contributed by atoms with van der Waals surface area (Å²) in [6.45, 7) is 0.150. The number of nitrogens with one attached hydrogen (secondary N) is 1. The maximum Gasteiger partial charge on any atom is 0.441 e. The number of carbonyl (C=O) groups excluding carboxylic acids is 1. The topological polar surface area (TPSA) is 69.6 Å². The van der Waals surface area contributed by atoms with Crippen LogP contribution in [-0.2, 0) is 4.79 Å². The van der Waals surface area contributed by atoms with E-state index in [1.165, 1.54) is 11.9 Å². The van der Waals surface area contributed by atoms with Gasteiger partial charge in [0.25, 0.3) is 0 Å². The molecule has 0 aliphatic carbocycles. The van der Waals surface area contributed by atoms with E-state index in [0.717, 1.165) is 0 Å². The number of urea groups is 1. The van der Waals surface area contributed by atoms with Crippen molar-refractivity contribution in [2.24, 2.45) is 0 Å². The third-order valence-corrected chi connectivity index (χ3v) is 2.61. The smallest absolute Gasteiger partial charge is 0.441 e. The first kappa shape index (κ1) is 16.9. The van der Waals surface area contributed by atoms with Crippen LogP contribution in [0, 0.1) is 0 Å². The molecule has 0 aliphatic heterocycles. The molecule has 0 saturated carbocycles. The molecule has 0 fully saturated rings. The molecule has 5 nitrogen and oxygen atoms in total. The van der Waals surface area contributed by atoms with Crippen LogP contribution in [0.1, 0.15) is 12.8 Å². The number of hydrogen-bond donors (Lipinski definition) is 2. The molecule has 0 atom stereocenters. The van der Waals surface area contributed by atoms with Gasteiger partial charge in [-0.15, -0.1) is 0 Å². The van der Waals surface area contributed by atoms with Crippen LogP contribution in [0.2, 0.25) is 0 Å². The van der Waals surface area contributed by atoms with Gasteiger partial charge in [-0.3, -0.25) is 4.79 Å². The average Bonchev–Trinajstić information content (AvgIpc) is 2.22.